The number of allylic oxidation sites excluding steroid dienone is 1. The Morgan fingerprint density at radius 2 is 1.89 bits per heavy atom. The molecule has 0 radical (unpaired) electrons. The standard InChI is InChI=1S/C16H22O3/c1-3-4-5-6-7-8-13-19-15-11-9-14(10-12-15)16(17)18-2/h8-13H,3-7H2,1-2H3. The normalized spacial score (nSPS) is 10.6. The number of hydrogen-bond acceptors (Lipinski definition) is 3. The molecular weight excluding hydrogens is 240 g/mol. The number of unbranched alkanes of at least 4 members (excludes halogenated alkanes) is 4. The van der Waals surface area contributed by atoms with E-state index in [2.05, 4.69) is 11.7 Å². The summed E-state index contributed by atoms with van der Waals surface area (Å²) in [5.74, 6) is 0.385. The van der Waals surface area contributed by atoms with Crippen molar-refractivity contribution < 1.29 is 14.3 Å². The zero-order chi connectivity index (χ0) is 13.9. The Morgan fingerprint density at radius 3 is 2.53 bits per heavy atom. The van der Waals surface area contributed by atoms with E-state index < -0.39 is 0 Å². The predicted octanol–water partition coefficient (Wildman–Crippen LogP) is 4.34. The largest absolute Gasteiger partial charge is 0.465 e. The maximum absolute atomic E-state index is 11.2. The van der Waals surface area contributed by atoms with Gasteiger partial charge < -0.3 is 9.47 Å². The van der Waals surface area contributed by atoms with Gasteiger partial charge in [-0.1, -0.05) is 26.2 Å². The first kappa shape index (κ1) is 15.3. The van der Waals surface area contributed by atoms with Crippen molar-refractivity contribution in [1.29, 1.82) is 0 Å². The van der Waals surface area contributed by atoms with Crippen LogP contribution in [0.5, 0.6) is 5.75 Å². The van der Waals surface area contributed by atoms with E-state index in [1.54, 1.807) is 30.5 Å². The van der Waals surface area contributed by atoms with Crippen LogP contribution < -0.4 is 4.74 Å². The number of methoxy groups -OCH3 is 1. The minimum absolute atomic E-state index is 0.335. The van der Waals surface area contributed by atoms with Crippen LogP contribution in [0.4, 0.5) is 0 Å². The van der Waals surface area contributed by atoms with E-state index >= 15 is 0 Å². The molecule has 0 aliphatic heterocycles. The summed E-state index contributed by atoms with van der Waals surface area (Å²) in [6.45, 7) is 2.21. The molecule has 0 saturated carbocycles. The summed E-state index contributed by atoms with van der Waals surface area (Å²) in [7, 11) is 1.37. The molecule has 104 valence electrons. The highest BCUT2D eigenvalue weighted by atomic mass is 16.5. The fourth-order valence-electron chi connectivity index (χ4n) is 1.67. The van der Waals surface area contributed by atoms with Crippen LogP contribution in [-0.4, -0.2) is 13.1 Å². The topological polar surface area (TPSA) is 35.5 Å². The first-order valence-corrected chi connectivity index (χ1v) is 6.78. The highest BCUT2D eigenvalue weighted by Gasteiger charge is 2.03. The van der Waals surface area contributed by atoms with Gasteiger partial charge in [-0.05, 0) is 43.2 Å². The van der Waals surface area contributed by atoms with E-state index in [-0.39, 0.29) is 5.97 Å². The Bertz CT molecular complexity index is 393. The van der Waals surface area contributed by atoms with Crippen molar-refractivity contribution in [3.8, 4) is 5.75 Å². The fraction of sp³-hybridized carbons (Fsp3) is 0.438. The molecule has 1 aromatic rings. The molecule has 0 aliphatic rings. The highest BCUT2D eigenvalue weighted by Crippen LogP contribution is 2.13. The summed E-state index contributed by atoms with van der Waals surface area (Å²) in [5.41, 5.74) is 0.526. The van der Waals surface area contributed by atoms with Crippen LogP contribution in [0.25, 0.3) is 0 Å². The van der Waals surface area contributed by atoms with Crippen molar-refractivity contribution in [3.05, 3.63) is 42.2 Å². The van der Waals surface area contributed by atoms with Crippen molar-refractivity contribution in [2.24, 2.45) is 0 Å². The van der Waals surface area contributed by atoms with Crippen LogP contribution in [0.15, 0.2) is 36.6 Å². The molecule has 0 saturated heterocycles. The molecule has 0 fully saturated rings. The Hall–Kier alpha value is -1.77. The number of ether oxygens (including phenoxy) is 2. The molecule has 3 nitrogen and oxygen atoms in total. The van der Waals surface area contributed by atoms with Crippen LogP contribution in [-0.2, 0) is 4.74 Å². The zero-order valence-electron chi connectivity index (χ0n) is 11.7. The van der Waals surface area contributed by atoms with Gasteiger partial charge in [0.15, 0.2) is 0 Å². The van der Waals surface area contributed by atoms with E-state index in [9.17, 15) is 4.79 Å². The number of benzene rings is 1. The third kappa shape index (κ3) is 6.09. The predicted molar refractivity (Wildman–Crippen MR) is 76.3 cm³/mol. The van der Waals surface area contributed by atoms with Crippen molar-refractivity contribution in [2.75, 3.05) is 7.11 Å². The van der Waals surface area contributed by atoms with Crippen molar-refractivity contribution in [2.45, 2.75) is 39.0 Å². The summed E-state index contributed by atoms with van der Waals surface area (Å²) in [6.07, 6.45) is 9.81. The van der Waals surface area contributed by atoms with Gasteiger partial charge in [-0.2, -0.15) is 0 Å². The molecule has 3 heteroatoms. The number of esters is 1. The molecule has 0 aromatic heterocycles. The van der Waals surface area contributed by atoms with Gasteiger partial charge in [-0.25, -0.2) is 4.79 Å². The molecule has 0 atom stereocenters. The van der Waals surface area contributed by atoms with Gasteiger partial charge in [0.2, 0.25) is 0 Å². The average Bonchev–Trinajstić information content (AvgIpc) is 2.46. The van der Waals surface area contributed by atoms with Crippen molar-refractivity contribution in [3.63, 3.8) is 0 Å². The maximum atomic E-state index is 11.2. The summed E-state index contributed by atoms with van der Waals surface area (Å²) in [5, 5.41) is 0. The Labute approximate surface area is 115 Å². The molecule has 1 aromatic carbocycles. The Balaban J connectivity index is 2.29. The van der Waals surface area contributed by atoms with E-state index in [4.69, 9.17) is 4.74 Å². The molecule has 0 spiro atoms. The van der Waals surface area contributed by atoms with Crippen LogP contribution in [0.1, 0.15) is 49.4 Å². The summed E-state index contributed by atoms with van der Waals surface area (Å²) in [6, 6.07) is 6.90. The molecule has 0 heterocycles. The lowest BCUT2D eigenvalue weighted by atomic mass is 10.1. The highest BCUT2D eigenvalue weighted by molar-refractivity contribution is 5.89. The molecule has 19 heavy (non-hydrogen) atoms. The van der Waals surface area contributed by atoms with Gasteiger partial charge in [-0.15, -0.1) is 0 Å². The van der Waals surface area contributed by atoms with Crippen LogP contribution in [0.2, 0.25) is 0 Å². The lowest BCUT2D eigenvalue weighted by Gasteiger charge is -2.02. The molecule has 0 amide bonds. The van der Waals surface area contributed by atoms with Crippen LogP contribution >= 0.6 is 0 Å². The number of carbonyl (C=O) groups is 1. The maximum Gasteiger partial charge on any atom is 0.337 e. The molecule has 0 unspecified atom stereocenters. The minimum Gasteiger partial charge on any atom is -0.465 e. The Kier molecular flexibility index (Phi) is 7.40. The van der Waals surface area contributed by atoms with Crippen molar-refractivity contribution >= 4 is 5.97 Å². The second kappa shape index (κ2) is 9.20. The number of hydrogen-bond donors (Lipinski definition) is 0. The Morgan fingerprint density at radius 1 is 1.16 bits per heavy atom. The third-order valence-corrected chi connectivity index (χ3v) is 2.80. The smallest absolute Gasteiger partial charge is 0.337 e. The van der Waals surface area contributed by atoms with Gasteiger partial charge in [-0.3, -0.25) is 0 Å². The molecule has 1 rings (SSSR count). The van der Waals surface area contributed by atoms with Gasteiger partial charge in [0, 0.05) is 0 Å². The lowest BCUT2D eigenvalue weighted by molar-refractivity contribution is 0.0600. The summed E-state index contributed by atoms with van der Waals surface area (Å²) >= 11 is 0. The van der Waals surface area contributed by atoms with E-state index in [0.29, 0.717) is 5.56 Å². The molecule has 0 bridgehead atoms. The second-order valence-corrected chi connectivity index (χ2v) is 4.35. The van der Waals surface area contributed by atoms with Gasteiger partial charge in [0.25, 0.3) is 0 Å². The fourth-order valence-corrected chi connectivity index (χ4v) is 1.67. The molecule has 0 aliphatic carbocycles. The number of rotatable bonds is 8. The van der Waals surface area contributed by atoms with E-state index in [1.807, 2.05) is 6.08 Å². The van der Waals surface area contributed by atoms with Crippen molar-refractivity contribution in [1.82, 2.24) is 0 Å². The van der Waals surface area contributed by atoms with E-state index in [0.717, 1.165) is 12.2 Å². The minimum atomic E-state index is -0.335. The summed E-state index contributed by atoms with van der Waals surface area (Å²) < 4.78 is 10.1. The monoisotopic (exact) mass is 262 g/mol. The zero-order valence-corrected chi connectivity index (χ0v) is 11.7. The molecule has 0 N–H and O–H groups in total. The van der Waals surface area contributed by atoms with Gasteiger partial charge in [0.05, 0.1) is 18.9 Å². The van der Waals surface area contributed by atoms with Gasteiger partial charge in [0.1, 0.15) is 5.75 Å². The van der Waals surface area contributed by atoms with Crippen LogP contribution in [0.3, 0.4) is 0 Å². The van der Waals surface area contributed by atoms with E-state index in [1.165, 1.54) is 32.8 Å². The average molecular weight is 262 g/mol. The SMILES string of the molecule is CCCCCCC=COc1ccc(C(=O)OC)cc1. The van der Waals surface area contributed by atoms with Crippen LogP contribution in [0, 0.1) is 0 Å². The first-order valence-electron chi connectivity index (χ1n) is 6.78. The summed E-state index contributed by atoms with van der Waals surface area (Å²) in [4.78, 5) is 11.2. The quantitative estimate of drug-likeness (QED) is 0.397. The lowest BCUT2D eigenvalue weighted by Crippen LogP contribution is -2.00. The third-order valence-electron chi connectivity index (χ3n) is 2.80. The number of carbonyl (C=O) groups excluding carboxylic acids is 1. The first-order chi connectivity index (χ1) is 9.27. The molecular formula is C16H22O3. The second-order valence-electron chi connectivity index (χ2n) is 4.35. The van der Waals surface area contributed by atoms with Gasteiger partial charge >= 0.3 is 5.97 Å².